The van der Waals surface area contributed by atoms with E-state index in [1.807, 2.05) is 17.8 Å². The quantitative estimate of drug-likeness (QED) is 0.513. The number of carbonyl (C=O) groups excluding carboxylic acids is 2. The fraction of sp³-hybridized carbons (Fsp3) is 0.600. The van der Waals surface area contributed by atoms with Crippen LogP contribution in [0.2, 0.25) is 0 Å². The van der Waals surface area contributed by atoms with E-state index in [0.717, 1.165) is 12.8 Å². The normalized spacial score (nSPS) is 28.0. The maximum Gasteiger partial charge on any atom is 0.305 e. The number of hydrogen-bond acceptors (Lipinski definition) is 4. The molecule has 0 aliphatic heterocycles. The zero-order chi connectivity index (χ0) is 16.9. The third-order valence-electron chi connectivity index (χ3n) is 5.51. The standard InChI is InChI=1S/C20H26O3S/c1-23-18(22)10-6-5-9-17(21)19-14-11-12-15(13-14)20(19)24-16-7-3-2-4-8-16/h2-4,7-8,14-15,19-20H,5-6,9-13H2,1H3. The lowest BCUT2D eigenvalue weighted by atomic mass is 9.83. The molecule has 24 heavy (non-hydrogen) atoms. The van der Waals surface area contributed by atoms with E-state index in [9.17, 15) is 9.59 Å². The second-order valence-electron chi connectivity index (χ2n) is 7.00. The molecule has 0 radical (unpaired) electrons. The van der Waals surface area contributed by atoms with Gasteiger partial charge in [-0.1, -0.05) is 18.2 Å². The van der Waals surface area contributed by atoms with Crippen LogP contribution in [-0.2, 0) is 14.3 Å². The van der Waals surface area contributed by atoms with Crippen LogP contribution in [0.25, 0.3) is 0 Å². The fourth-order valence-corrected chi connectivity index (χ4v) is 5.94. The summed E-state index contributed by atoms with van der Waals surface area (Å²) >= 11 is 1.90. The van der Waals surface area contributed by atoms with Gasteiger partial charge in [0.05, 0.1) is 7.11 Å². The Bertz CT molecular complexity index is 572. The minimum Gasteiger partial charge on any atom is -0.469 e. The summed E-state index contributed by atoms with van der Waals surface area (Å²) in [6.45, 7) is 0. The van der Waals surface area contributed by atoms with E-state index in [4.69, 9.17) is 0 Å². The zero-order valence-corrected chi connectivity index (χ0v) is 15.1. The van der Waals surface area contributed by atoms with Gasteiger partial charge in [0.25, 0.3) is 0 Å². The van der Waals surface area contributed by atoms with E-state index in [1.165, 1.54) is 31.3 Å². The smallest absolute Gasteiger partial charge is 0.305 e. The highest BCUT2D eigenvalue weighted by Crippen LogP contribution is 2.55. The third kappa shape index (κ3) is 4.02. The van der Waals surface area contributed by atoms with Gasteiger partial charge in [0.2, 0.25) is 0 Å². The van der Waals surface area contributed by atoms with Crippen molar-refractivity contribution in [1.29, 1.82) is 0 Å². The molecule has 4 unspecified atom stereocenters. The van der Waals surface area contributed by atoms with Gasteiger partial charge in [-0.25, -0.2) is 0 Å². The summed E-state index contributed by atoms with van der Waals surface area (Å²) in [4.78, 5) is 25.3. The van der Waals surface area contributed by atoms with Gasteiger partial charge >= 0.3 is 5.97 Å². The van der Waals surface area contributed by atoms with Gasteiger partial charge in [-0.05, 0) is 56.1 Å². The van der Waals surface area contributed by atoms with Crippen molar-refractivity contribution in [3.8, 4) is 0 Å². The lowest BCUT2D eigenvalue weighted by Gasteiger charge is -2.29. The van der Waals surface area contributed by atoms with Crippen LogP contribution in [-0.4, -0.2) is 24.1 Å². The number of carbonyl (C=O) groups is 2. The number of unbranched alkanes of at least 4 members (excludes halogenated alkanes) is 1. The lowest BCUT2D eigenvalue weighted by molar-refractivity contribution is -0.140. The van der Waals surface area contributed by atoms with E-state index in [-0.39, 0.29) is 11.9 Å². The number of ether oxygens (including phenoxy) is 1. The number of rotatable bonds is 8. The Morgan fingerprint density at radius 2 is 1.79 bits per heavy atom. The third-order valence-corrected chi connectivity index (χ3v) is 7.00. The van der Waals surface area contributed by atoms with Crippen LogP contribution in [0.3, 0.4) is 0 Å². The van der Waals surface area contributed by atoms with Gasteiger partial charge in [0.15, 0.2) is 0 Å². The van der Waals surface area contributed by atoms with Crippen molar-refractivity contribution in [2.75, 3.05) is 7.11 Å². The van der Waals surface area contributed by atoms with Crippen LogP contribution >= 0.6 is 11.8 Å². The number of esters is 1. The number of methoxy groups -OCH3 is 1. The van der Waals surface area contributed by atoms with E-state index in [2.05, 4.69) is 29.0 Å². The van der Waals surface area contributed by atoms with Crippen LogP contribution in [0.5, 0.6) is 0 Å². The first kappa shape index (κ1) is 17.5. The molecule has 3 nitrogen and oxygen atoms in total. The van der Waals surface area contributed by atoms with Crippen molar-refractivity contribution in [2.45, 2.75) is 55.1 Å². The first-order valence-electron chi connectivity index (χ1n) is 9.00. The monoisotopic (exact) mass is 346 g/mol. The predicted octanol–water partition coefficient (Wildman–Crippen LogP) is 4.50. The summed E-state index contributed by atoms with van der Waals surface area (Å²) in [7, 11) is 1.41. The SMILES string of the molecule is COC(=O)CCCCC(=O)C1C2CCC(C2)C1Sc1ccccc1. The molecule has 2 aliphatic carbocycles. The average molecular weight is 346 g/mol. The highest BCUT2D eigenvalue weighted by molar-refractivity contribution is 8.00. The van der Waals surface area contributed by atoms with E-state index in [1.54, 1.807) is 0 Å². The number of Topliss-reactive ketones (excluding diaryl/α,β-unsaturated/α-hetero) is 1. The summed E-state index contributed by atoms with van der Waals surface area (Å²) in [5.74, 6) is 1.74. The lowest BCUT2D eigenvalue weighted by Crippen LogP contribution is -2.31. The number of fused-ring (bicyclic) bond motifs is 2. The molecule has 130 valence electrons. The Morgan fingerprint density at radius 1 is 1.08 bits per heavy atom. The van der Waals surface area contributed by atoms with Crippen molar-refractivity contribution in [3.05, 3.63) is 30.3 Å². The molecular weight excluding hydrogens is 320 g/mol. The molecule has 0 aromatic heterocycles. The van der Waals surface area contributed by atoms with Crippen LogP contribution < -0.4 is 0 Å². The number of ketones is 1. The van der Waals surface area contributed by atoms with E-state index < -0.39 is 0 Å². The molecule has 2 bridgehead atoms. The Balaban J connectivity index is 1.56. The van der Waals surface area contributed by atoms with Gasteiger partial charge in [0.1, 0.15) is 5.78 Å². The summed E-state index contributed by atoms with van der Waals surface area (Å²) in [6, 6.07) is 10.5. The zero-order valence-electron chi connectivity index (χ0n) is 14.3. The number of thioether (sulfide) groups is 1. The van der Waals surface area contributed by atoms with Crippen molar-refractivity contribution in [3.63, 3.8) is 0 Å². The van der Waals surface area contributed by atoms with Crippen molar-refractivity contribution in [2.24, 2.45) is 17.8 Å². The molecule has 1 aromatic rings. The van der Waals surface area contributed by atoms with E-state index >= 15 is 0 Å². The Labute approximate surface area is 148 Å². The molecule has 2 fully saturated rings. The summed E-state index contributed by atoms with van der Waals surface area (Å²) in [6.07, 6.45) is 6.29. The molecule has 4 heteroatoms. The maximum atomic E-state index is 12.8. The maximum absolute atomic E-state index is 12.8. The fourth-order valence-electron chi connectivity index (χ4n) is 4.35. The molecule has 0 saturated heterocycles. The molecule has 0 spiro atoms. The van der Waals surface area contributed by atoms with Crippen molar-refractivity contribution < 1.29 is 14.3 Å². The molecule has 1 aromatic carbocycles. The first-order chi connectivity index (χ1) is 11.7. The minimum absolute atomic E-state index is 0.181. The molecular formula is C20H26O3S. The van der Waals surface area contributed by atoms with Crippen LogP contribution in [0.4, 0.5) is 0 Å². The van der Waals surface area contributed by atoms with Gasteiger partial charge < -0.3 is 4.74 Å². The highest BCUT2D eigenvalue weighted by atomic mass is 32.2. The summed E-state index contributed by atoms with van der Waals surface area (Å²) in [5, 5.41) is 0.444. The van der Waals surface area contributed by atoms with Crippen LogP contribution in [0.1, 0.15) is 44.9 Å². The van der Waals surface area contributed by atoms with Crippen molar-refractivity contribution >= 4 is 23.5 Å². The highest BCUT2D eigenvalue weighted by Gasteiger charge is 2.50. The Morgan fingerprint density at radius 3 is 2.54 bits per heavy atom. The second-order valence-corrected chi connectivity index (χ2v) is 8.26. The minimum atomic E-state index is -0.181. The van der Waals surface area contributed by atoms with Gasteiger partial charge in [-0.3, -0.25) is 9.59 Å². The molecule has 0 amide bonds. The number of hydrogen-bond donors (Lipinski definition) is 0. The molecule has 3 rings (SSSR count). The van der Waals surface area contributed by atoms with E-state index in [0.29, 0.717) is 35.7 Å². The number of benzene rings is 1. The Hall–Kier alpha value is -1.29. The van der Waals surface area contributed by atoms with Crippen LogP contribution in [0, 0.1) is 17.8 Å². The topological polar surface area (TPSA) is 43.4 Å². The largest absolute Gasteiger partial charge is 0.469 e. The molecule has 2 saturated carbocycles. The van der Waals surface area contributed by atoms with Gasteiger partial charge in [-0.15, -0.1) is 11.8 Å². The average Bonchev–Trinajstić information content (AvgIpc) is 3.20. The van der Waals surface area contributed by atoms with Gasteiger partial charge in [-0.2, -0.15) is 0 Å². The summed E-state index contributed by atoms with van der Waals surface area (Å²) in [5.41, 5.74) is 0. The van der Waals surface area contributed by atoms with Crippen LogP contribution in [0.15, 0.2) is 35.2 Å². The van der Waals surface area contributed by atoms with Gasteiger partial charge in [0, 0.05) is 28.9 Å². The predicted molar refractivity (Wildman–Crippen MR) is 95.9 cm³/mol. The molecule has 0 heterocycles. The second kappa shape index (κ2) is 8.19. The Kier molecular flexibility index (Phi) is 5.99. The molecule has 4 atom stereocenters. The van der Waals surface area contributed by atoms with Crippen molar-refractivity contribution in [1.82, 2.24) is 0 Å². The first-order valence-corrected chi connectivity index (χ1v) is 9.88. The summed E-state index contributed by atoms with van der Waals surface area (Å²) < 4.78 is 4.65. The molecule has 0 N–H and O–H groups in total. The molecule has 2 aliphatic rings.